The highest BCUT2D eigenvalue weighted by Gasteiger charge is 2.38. The molecule has 7 rings (SSSR count). The smallest absolute Gasteiger partial charge is 0.228 e. The summed E-state index contributed by atoms with van der Waals surface area (Å²) in [4.78, 5) is 54.5. The number of aromatic hydroxyl groups is 2. The number of rotatable bonds is 24. The molecule has 22 heteroatoms. The van der Waals surface area contributed by atoms with E-state index in [0.29, 0.717) is 99.8 Å². The molecule has 2 saturated heterocycles. The summed E-state index contributed by atoms with van der Waals surface area (Å²) in [5.74, 6) is 0.488. The third-order valence-corrected chi connectivity index (χ3v) is 11.9. The SMILES string of the molecule is O=C1c2c(O)ccc(O)c2C(=O)c2c(NCCNCCO)ccc(NCCNCCO)c21.OCCN(CCO)c1nc(N2CCCCC2)c2nc(N(CCO)CCO)nc(N3CCCCC3)c2n1. The van der Waals surface area contributed by atoms with Gasteiger partial charge in [-0.3, -0.25) is 9.59 Å². The molecule has 0 bridgehead atoms. The van der Waals surface area contributed by atoms with Crippen molar-refractivity contribution in [2.24, 2.45) is 0 Å². The predicted octanol–water partition coefficient (Wildman–Crippen LogP) is -0.157. The quantitative estimate of drug-likeness (QED) is 0.0283. The standard InChI is InChI=1S/C24H40N8O4.C22H28N4O6/c33-15-11-31(12-16-34)23-26-20-19(21(27-23)29-7-3-1-4-8-29)25-24(32(13-17-35)14-18-36)28-22(20)30-9-5-2-6-10-30;27-11-9-23-5-7-25-13-1-2-14(26-8-6-24-10-12-28)18-17(13)21(31)19-15(29)3-4-16(30)20(19)22(18)32/h33-36H,1-18H2;1-4,23-30H,5-12H2. The van der Waals surface area contributed by atoms with Crippen LogP contribution in [-0.4, -0.2) is 204 Å². The van der Waals surface area contributed by atoms with Crippen molar-refractivity contribution < 1.29 is 50.4 Å². The van der Waals surface area contributed by atoms with E-state index >= 15 is 0 Å². The molecule has 22 nitrogen and oxygen atoms in total. The number of phenolic OH excluding ortho intramolecular Hbond substituents is 2. The van der Waals surface area contributed by atoms with Crippen LogP contribution in [0, 0.1) is 0 Å². The van der Waals surface area contributed by atoms with Crippen LogP contribution in [0.15, 0.2) is 24.3 Å². The largest absolute Gasteiger partial charge is 0.507 e. The normalized spacial score (nSPS) is 14.6. The molecule has 2 aliphatic heterocycles. The van der Waals surface area contributed by atoms with E-state index in [2.05, 4.69) is 31.1 Å². The minimum Gasteiger partial charge on any atom is -0.507 e. The molecular weight excluding hydrogens is 881 g/mol. The third kappa shape index (κ3) is 12.5. The van der Waals surface area contributed by atoms with Crippen LogP contribution < -0.4 is 40.9 Å². The lowest BCUT2D eigenvalue weighted by Gasteiger charge is -2.33. The molecule has 4 aromatic rings. The molecule has 4 heterocycles. The van der Waals surface area contributed by atoms with Gasteiger partial charge >= 0.3 is 0 Å². The number of carbonyl (C=O) groups excluding carboxylic acids is 2. The van der Waals surface area contributed by atoms with Gasteiger partial charge in [0.05, 0.1) is 61.9 Å². The molecule has 1 aliphatic carbocycles. The minimum atomic E-state index is -0.559. The van der Waals surface area contributed by atoms with Crippen molar-refractivity contribution in [3.8, 4) is 11.5 Å². The first-order valence-electron chi connectivity index (χ1n) is 23.7. The molecule has 2 aromatic carbocycles. The second-order valence-corrected chi connectivity index (χ2v) is 16.6. The Morgan fingerprint density at radius 2 is 0.824 bits per heavy atom. The van der Waals surface area contributed by atoms with E-state index in [1.165, 1.54) is 25.0 Å². The van der Waals surface area contributed by atoms with Gasteiger partial charge in [0.1, 0.15) is 22.5 Å². The maximum absolute atomic E-state index is 13.4. The number of aromatic nitrogens is 4. The van der Waals surface area contributed by atoms with Crippen LogP contribution in [0.4, 0.5) is 34.9 Å². The van der Waals surface area contributed by atoms with E-state index in [-0.39, 0.29) is 73.4 Å². The number of nitrogens with zero attached hydrogens (tertiary/aromatic N) is 8. The van der Waals surface area contributed by atoms with Crippen LogP contribution in [0.2, 0.25) is 0 Å². The zero-order valence-electron chi connectivity index (χ0n) is 38.7. The molecule has 0 saturated carbocycles. The molecule has 12 N–H and O–H groups in total. The number of hydrogen-bond acceptors (Lipinski definition) is 22. The first kappa shape index (κ1) is 51.7. The van der Waals surface area contributed by atoms with Crippen molar-refractivity contribution in [3.63, 3.8) is 0 Å². The number of aliphatic hydroxyl groups is 6. The molecule has 0 radical (unpaired) electrons. The van der Waals surface area contributed by atoms with Gasteiger partial charge in [-0.15, -0.1) is 0 Å². The average molecular weight is 949 g/mol. The van der Waals surface area contributed by atoms with Gasteiger partial charge in [-0.05, 0) is 62.8 Å². The summed E-state index contributed by atoms with van der Waals surface area (Å²) in [7, 11) is 0. The monoisotopic (exact) mass is 949 g/mol. The van der Waals surface area contributed by atoms with Gasteiger partial charge in [0.25, 0.3) is 0 Å². The van der Waals surface area contributed by atoms with Crippen molar-refractivity contribution in [2.75, 3.05) is 162 Å². The van der Waals surface area contributed by atoms with Gasteiger partial charge in [-0.1, -0.05) is 0 Å². The second kappa shape index (κ2) is 26.1. The van der Waals surface area contributed by atoms with Gasteiger partial charge in [0, 0.05) is 103 Å². The van der Waals surface area contributed by atoms with Crippen molar-refractivity contribution in [3.05, 3.63) is 46.5 Å². The number of phenols is 2. The summed E-state index contributed by atoms with van der Waals surface area (Å²) >= 11 is 0. The predicted molar refractivity (Wildman–Crippen MR) is 260 cm³/mol. The van der Waals surface area contributed by atoms with Gasteiger partial charge in [0.2, 0.25) is 23.5 Å². The highest BCUT2D eigenvalue weighted by atomic mass is 16.3. The molecule has 0 unspecified atom stereocenters. The maximum Gasteiger partial charge on any atom is 0.228 e. The lowest BCUT2D eigenvalue weighted by molar-refractivity contribution is 0.0975. The van der Waals surface area contributed by atoms with Crippen molar-refractivity contribution >= 4 is 57.5 Å². The van der Waals surface area contributed by atoms with Crippen LogP contribution in [-0.2, 0) is 0 Å². The summed E-state index contributed by atoms with van der Waals surface area (Å²) in [5.41, 5.74) is 1.98. The van der Waals surface area contributed by atoms with Crippen LogP contribution in [0.3, 0.4) is 0 Å². The molecule has 0 spiro atoms. The molecule has 2 aromatic heterocycles. The van der Waals surface area contributed by atoms with E-state index in [1.54, 1.807) is 21.9 Å². The fourth-order valence-corrected chi connectivity index (χ4v) is 8.64. The van der Waals surface area contributed by atoms with Gasteiger partial charge in [-0.2, -0.15) is 9.97 Å². The van der Waals surface area contributed by atoms with Crippen LogP contribution in [0.25, 0.3) is 11.0 Å². The van der Waals surface area contributed by atoms with Crippen molar-refractivity contribution in [2.45, 2.75) is 38.5 Å². The lowest BCUT2D eigenvalue weighted by Crippen LogP contribution is -2.36. The first-order chi connectivity index (χ1) is 33.2. The molecule has 0 atom stereocenters. The average Bonchev–Trinajstić information content (AvgIpc) is 3.36. The van der Waals surface area contributed by atoms with E-state index in [1.807, 2.05) is 0 Å². The Bertz CT molecular complexity index is 2110. The summed E-state index contributed by atoms with van der Waals surface area (Å²) < 4.78 is 0. The molecule has 372 valence electrons. The number of ketones is 2. The Kier molecular flexibility index (Phi) is 19.9. The zero-order valence-corrected chi connectivity index (χ0v) is 38.7. The van der Waals surface area contributed by atoms with E-state index in [9.17, 15) is 40.2 Å². The summed E-state index contributed by atoms with van der Waals surface area (Å²) in [6.45, 7) is 7.19. The fourth-order valence-electron chi connectivity index (χ4n) is 8.64. The Morgan fingerprint density at radius 1 is 0.456 bits per heavy atom. The number of aliphatic hydroxyl groups excluding tert-OH is 6. The van der Waals surface area contributed by atoms with Crippen LogP contribution in [0.1, 0.15) is 70.4 Å². The van der Waals surface area contributed by atoms with E-state index in [4.69, 9.17) is 30.1 Å². The number of benzene rings is 2. The fraction of sp³-hybridized carbons (Fsp3) is 0.565. The van der Waals surface area contributed by atoms with Gasteiger partial charge < -0.3 is 81.7 Å². The van der Waals surface area contributed by atoms with Gasteiger partial charge in [0.15, 0.2) is 11.6 Å². The first-order valence-corrected chi connectivity index (χ1v) is 23.7. The van der Waals surface area contributed by atoms with Crippen LogP contribution in [0.5, 0.6) is 11.5 Å². The Balaban J connectivity index is 0.000000226. The molecular formula is C46H68N12O10. The zero-order chi connectivity index (χ0) is 48.4. The molecule has 3 aliphatic rings. The van der Waals surface area contributed by atoms with E-state index in [0.717, 1.165) is 63.5 Å². The number of piperidine rings is 2. The lowest BCUT2D eigenvalue weighted by atomic mass is 9.81. The molecule has 2 fully saturated rings. The second-order valence-electron chi connectivity index (χ2n) is 16.6. The van der Waals surface area contributed by atoms with E-state index < -0.39 is 11.6 Å². The van der Waals surface area contributed by atoms with Crippen molar-refractivity contribution in [1.82, 2.24) is 30.6 Å². The number of nitrogens with one attached hydrogen (secondary N) is 4. The number of anilines is 6. The minimum absolute atomic E-state index is 0.00939. The van der Waals surface area contributed by atoms with Gasteiger partial charge in [-0.25, -0.2) is 9.97 Å². The summed E-state index contributed by atoms with van der Waals surface area (Å²) in [6.07, 6.45) is 6.61. The summed E-state index contributed by atoms with van der Waals surface area (Å²) in [6, 6.07) is 5.74. The molecule has 0 amide bonds. The molecule has 68 heavy (non-hydrogen) atoms. The third-order valence-electron chi connectivity index (χ3n) is 11.9. The Morgan fingerprint density at radius 3 is 1.16 bits per heavy atom. The highest BCUT2D eigenvalue weighted by Crippen LogP contribution is 2.42. The summed E-state index contributed by atoms with van der Waals surface area (Å²) in [5, 5.41) is 89.1. The van der Waals surface area contributed by atoms with Crippen LogP contribution >= 0.6 is 0 Å². The Labute approximate surface area is 395 Å². The Hall–Kier alpha value is -5.72. The highest BCUT2D eigenvalue weighted by molar-refractivity contribution is 6.33. The number of fused-ring (bicyclic) bond motifs is 3. The number of hydrogen-bond donors (Lipinski definition) is 12. The maximum atomic E-state index is 13.4. The number of carbonyl (C=O) groups is 2. The topological polar surface area (TPSA) is 309 Å². The van der Waals surface area contributed by atoms with Crippen molar-refractivity contribution in [1.29, 1.82) is 0 Å².